The molecule has 8 aliphatic carbocycles. The molecule has 8 saturated carbocycles. The molecule has 6 atom stereocenters. The molecular formula is C43H69BLiN4O11. The molecule has 3 radical (unpaired) electrons. The molecule has 0 aromatic carbocycles. The van der Waals surface area contributed by atoms with E-state index in [1.807, 2.05) is 41.5 Å². The summed E-state index contributed by atoms with van der Waals surface area (Å²) >= 11 is 0. The molecule has 17 heteroatoms. The Kier molecular flexibility index (Phi) is 14.9. The quantitative estimate of drug-likeness (QED) is 0.203. The number of likely N-dealkylation sites (tertiary alicyclic amines) is 2. The van der Waals surface area contributed by atoms with Crippen LogP contribution in [0.25, 0.3) is 0 Å². The van der Waals surface area contributed by atoms with Crippen molar-refractivity contribution in [3.8, 4) is 0 Å². The molecule has 10 rings (SSSR count). The summed E-state index contributed by atoms with van der Waals surface area (Å²) in [4.78, 5) is 65.3. The van der Waals surface area contributed by atoms with Crippen molar-refractivity contribution in [2.45, 2.75) is 154 Å². The molecular weight excluding hydrogens is 766 g/mol. The number of aliphatic hydroxyl groups excluding tert-OH is 1. The minimum atomic E-state index is -0.553. The summed E-state index contributed by atoms with van der Waals surface area (Å²) in [6, 6.07) is -0.230. The third kappa shape index (κ3) is 10.8. The average Bonchev–Trinajstić information content (AvgIpc) is 3.79. The van der Waals surface area contributed by atoms with Gasteiger partial charge >= 0.3 is 49.2 Å². The van der Waals surface area contributed by atoms with Gasteiger partial charge in [0.15, 0.2) is 0 Å². The Morgan fingerprint density at radius 1 is 0.667 bits per heavy atom. The fourth-order valence-electron chi connectivity index (χ4n) is 12.6. The van der Waals surface area contributed by atoms with Gasteiger partial charge in [-0.2, -0.15) is 0 Å². The number of hydrogen-bond acceptors (Lipinski definition) is 11. The molecule has 3 N–H and O–H groups in total. The van der Waals surface area contributed by atoms with Gasteiger partial charge in [0.2, 0.25) is 0 Å². The number of hydrogen-bond donors (Lipinski definition) is 3. The number of aliphatic hydroxyl groups is 1. The van der Waals surface area contributed by atoms with Crippen molar-refractivity contribution in [2.75, 3.05) is 39.9 Å². The summed E-state index contributed by atoms with van der Waals surface area (Å²) in [7, 11) is 1.47. The SMILES string of the molecule is CC(C)(C)OC(=O)N[C@@H]1CCN(C(=O)OC2C3CC4CC2CC(CO)(C4)C3)C1.COC(=O)C12CC3CC(C1)C(OC(=O)N1CC[C@@H](NC(=O)OC(C)(C)C)C1)C(C3)C2.[B].[H-].[Li+]. The maximum atomic E-state index is 12.8. The molecule has 0 aromatic rings. The van der Waals surface area contributed by atoms with E-state index in [1.165, 1.54) is 7.11 Å². The Hall–Kier alpha value is -2.83. The van der Waals surface area contributed by atoms with Gasteiger partial charge in [0.1, 0.15) is 23.4 Å². The van der Waals surface area contributed by atoms with Crippen LogP contribution in [0.5, 0.6) is 0 Å². The molecule has 60 heavy (non-hydrogen) atoms. The van der Waals surface area contributed by atoms with Gasteiger partial charge in [0.05, 0.1) is 24.6 Å². The Bertz CT molecular complexity index is 1570. The molecule has 4 unspecified atom stereocenters. The van der Waals surface area contributed by atoms with E-state index in [9.17, 15) is 29.1 Å². The van der Waals surface area contributed by atoms with Crippen LogP contribution in [0.2, 0.25) is 0 Å². The Morgan fingerprint density at radius 3 is 1.45 bits per heavy atom. The molecule has 8 bridgehead atoms. The zero-order chi connectivity index (χ0) is 41.8. The Balaban J connectivity index is 0.000000257. The van der Waals surface area contributed by atoms with Gasteiger partial charge in [0.25, 0.3) is 0 Å². The number of methoxy groups -OCH3 is 1. The monoisotopic (exact) mass is 836 g/mol. The first-order valence-electron chi connectivity index (χ1n) is 21.8. The summed E-state index contributed by atoms with van der Waals surface area (Å²) in [5.74, 6) is 2.37. The van der Waals surface area contributed by atoms with Gasteiger partial charge < -0.3 is 50.7 Å². The smallest absolute Gasteiger partial charge is 1.00 e. The molecule has 10 aliphatic rings. The van der Waals surface area contributed by atoms with Crippen LogP contribution in [0.4, 0.5) is 19.2 Å². The Morgan fingerprint density at radius 2 is 1.07 bits per heavy atom. The third-order valence-electron chi connectivity index (χ3n) is 14.3. The maximum Gasteiger partial charge on any atom is 1.00 e. The number of nitrogens with zero attached hydrogens (tertiary/aromatic N) is 2. The van der Waals surface area contributed by atoms with Gasteiger partial charge in [-0.3, -0.25) is 4.79 Å². The van der Waals surface area contributed by atoms with Crippen LogP contribution in [-0.4, -0.2) is 129 Å². The second-order valence-corrected chi connectivity index (χ2v) is 21.2. The van der Waals surface area contributed by atoms with Crippen LogP contribution in [-0.2, 0) is 28.5 Å². The molecule has 4 amide bonds. The van der Waals surface area contributed by atoms with Crippen molar-refractivity contribution in [3.63, 3.8) is 0 Å². The van der Waals surface area contributed by atoms with Gasteiger partial charge in [-0.1, -0.05) is 0 Å². The van der Waals surface area contributed by atoms with Crippen molar-refractivity contribution in [3.05, 3.63) is 0 Å². The zero-order valence-corrected chi connectivity index (χ0v) is 37.3. The fraction of sp³-hybridized carbons (Fsp3) is 0.884. The summed E-state index contributed by atoms with van der Waals surface area (Å²) in [5.41, 5.74) is -1.38. The van der Waals surface area contributed by atoms with Crippen molar-refractivity contribution in [2.24, 2.45) is 46.3 Å². The van der Waals surface area contributed by atoms with Crippen molar-refractivity contribution in [1.82, 2.24) is 20.4 Å². The first kappa shape index (κ1) is 48.2. The van der Waals surface area contributed by atoms with E-state index in [4.69, 9.17) is 23.7 Å². The Labute approximate surface area is 371 Å². The third-order valence-corrected chi connectivity index (χ3v) is 14.3. The van der Waals surface area contributed by atoms with E-state index in [2.05, 4.69) is 10.6 Å². The summed E-state index contributed by atoms with van der Waals surface area (Å²) in [6.45, 7) is 13.2. The first-order chi connectivity index (χ1) is 27.2. The first-order valence-corrected chi connectivity index (χ1v) is 21.8. The topological polar surface area (TPSA) is 182 Å². The second kappa shape index (κ2) is 18.5. The van der Waals surface area contributed by atoms with E-state index < -0.39 is 23.4 Å². The molecule has 0 aromatic heterocycles. The van der Waals surface area contributed by atoms with Gasteiger partial charge in [-0.15, -0.1) is 0 Å². The number of rotatable bonds is 6. The zero-order valence-electron chi connectivity index (χ0n) is 38.3. The number of amides is 4. The van der Waals surface area contributed by atoms with E-state index in [-0.39, 0.29) is 100 Å². The van der Waals surface area contributed by atoms with Gasteiger partial charge in [-0.25, -0.2) is 19.2 Å². The predicted molar refractivity (Wildman–Crippen MR) is 217 cm³/mol. The number of esters is 1. The minimum absolute atomic E-state index is 0. The summed E-state index contributed by atoms with van der Waals surface area (Å²) in [5, 5.41) is 15.6. The van der Waals surface area contributed by atoms with Crippen LogP contribution in [0, 0.1) is 46.3 Å². The molecule has 2 saturated heterocycles. The van der Waals surface area contributed by atoms with E-state index in [1.54, 1.807) is 9.80 Å². The van der Waals surface area contributed by atoms with Gasteiger partial charge in [-0.05, 0) is 160 Å². The number of ether oxygens (including phenoxy) is 5. The molecule has 10 fully saturated rings. The molecule has 331 valence electrons. The molecule has 2 heterocycles. The largest absolute Gasteiger partial charge is 1.00 e. The van der Waals surface area contributed by atoms with Crippen molar-refractivity contribution >= 4 is 38.8 Å². The number of nitrogens with one attached hydrogen (secondary N) is 2. The number of carbonyl (C=O) groups excluding carboxylic acids is 5. The molecule has 2 aliphatic heterocycles. The summed E-state index contributed by atoms with van der Waals surface area (Å²) in [6.07, 6.45) is 9.61. The van der Waals surface area contributed by atoms with E-state index in [0.717, 1.165) is 64.2 Å². The van der Waals surface area contributed by atoms with Crippen LogP contribution in [0.1, 0.15) is 120 Å². The van der Waals surface area contributed by atoms with E-state index >= 15 is 0 Å². The maximum absolute atomic E-state index is 12.8. The van der Waals surface area contributed by atoms with E-state index in [0.29, 0.717) is 62.7 Å². The molecule has 0 spiro atoms. The van der Waals surface area contributed by atoms with Crippen LogP contribution < -0.4 is 29.5 Å². The minimum Gasteiger partial charge on any atom is -1.00 e. The summed E-state index contributed by atoms with van der Waals surface area (Å²) < 4.78 is 27.7. The van der Waals surface area contributed by atoms with Crippen molar-refractivity contribution in [1.29, 1.82) is 0 Å². The van der Waals surface area contributed by atoms with Crippen molar-refractivity contribution < 1.29 is 73.1 Å². The second-order valence-electron chi connectivity index (χ2n) is 21.2. The predicted octanol–water partition coefficient (Wildman–Crippen LogP) is 2.73. The normalized spacial score (nSPS) is 36.8. The van der Waals surface area contributed by atoms with Gasteiger partial charge in [0, 0.05) is 41.2 Å². The number of carbonyl (C=O) groups is 5. The van der Waals surface area contributed by atoms with Crippen LogP contribution in [0.15, 0.2) is 0 Å². The fourth-order valence-corrected chi connectivity index (χ4v) is 12.6. The van der Waals surface area contributed by atoms with Crippen LogP contribution in [0.3, 0.4) is 0 Å². The number of alkyl carbamates (subject to hydrolysis) is 2. The van der Waals surface area contributed by atoms with Crippen LogP contribution >= 0.6 is 0 Å². The average molecular weight is 836 g/mol. The molecule has 15 nitrogen and oxygen atoms in total. The standard InChI is InChI=1S/C22H34N2O6.C21H34N2O5.B.Li.H/c1-21(2,3)30-19(26)23-16-5-6-24(12-16)20(27)29-17-14-7-13-8-15(17)11-22(9-13,10-14)18(25)28-4;1-20(2,3)28-18(25)22-16-4-5-23(11-16)19(26)27-17-14-6-13-7-15(17)10-21(8-13,9-14)12-24;;;/h13-17H,5-12H2,1-4H3,(H,23,26);13-17,24H,4-12H2,1-3H3,(H,22,25);;;/q;;;+1;-1/t13?,14?,15?,16-,17?,22?;13?,14?,15?,16-,17?,21?;;;/m11.../s1.